The Labute approximate surface area is 167 Å². The molecular formula is C19H15BrN2O4S. The van der Waals surface area contributed by atoms with E-state index in [0.29, 0.717) is 16.1 Å². The summed E-state index contributed by atoms with van der Waals surface area (Å²) < 4.78 is 6.09. The number of carbonyl (C=O) groups excluding carboxylic acids is 1. The van der Waals surface area contributed by atoms with Crippen molar-refractivity contribution < 1.29 is 14.5 Å². The average molecular weight is 447 g/mol. The minimum atomic E-state index is -0.489. The molecule has 27 heavy (non-hydrogen) atoms. The molecule has 6 nitrogen and oxygen atoms in total. The largest absolute Gasteiger partial charge is 0.462 e. The molecule has 3 aromatic rings. The Morgan fingerprint density at radius 2 is 1.74 bits per heavy atom. The summed E-state index contributed by atoms with van der Waals surface area (Å²) in [5, 5.41) is 11.3. The number of thiophene rings is 1. The minimum absolute atomic E-state index is 0.000846. The van der Waals surface area contributed by atoms with Crippen molar-refractivity contribution in [1.29, 1.82) is 0 Å². The van der Waals surface area contributed by atoms with Gasteiger partial charge < -0.3 is 10.5 Å². The van der Waals surface area contributed by atoms with E-state index in [4.69, 9.17) is 10.5 Å². The molecule has 0 radical (unpaired) electrons. The number of halogens is 1. The number of nitrogens with zero attached hydrogens (tertiary/aromatic N) is 1. The number of carbonyl (C=O) groups is 1. The van der Waals surface area contributed by atoms with Crippen molar-refractivity contribution in [1.82, 2.24) is 0 Å². The van der Waals surface area contributed by atoms with Gasteiger partial charge in [-0.25, -0.2) is 4.79 Å². The third-order valence-corrected chi connectivity index (χ3v) is 5.48. The molecule has 3 rings (SSSR count). The first kappa shape index (κ1) is 19.1. The van der Waals surface area contributed by atoms with Crippen LogP contribution < -0.4 is 5.73 Å². The lowest BCUT2D eigenvalue weighted by atomic mass is 9.98. The fraction of sp³-hybridized carbons (Fsp3) is 0.105. The van der Waals surface area contributed by atoms with E-state index in [1.807, 2.05) is 24.3 Å². The molecule has 0 fully saturated rings. The molecule has 0 spiro atoms. The van der Waals surface area contributed by atoms with Gasteiger partial charge in [0.2, 0.25) is 0 Å². The second-order valence-corrected chi connectivity index (χ2v) is 7.54. The molecule has 8 heteroatoms. The van der Waals surface area contributed by atoms with Crippen molar-refractivity contribution >= 4 is 43.9 Å². The van der Waals surface area contributed by atoms with Gasteiger partial charge in [-0.15, -0.1) is 11.3 Å². The molecule has 138 valence electrons. The normalized spacial score (nSPS) is 10.6. The molecule has 0 saturated carbocycles. The molecule has 0 aliphatic heterocycles. The second-order valence-electron chi connectivity index (χ2n) is 5.58. The zero-order chi connectivity index (χ0) is 19.6. The SMILES string of the molecule is CCOC(=O)c1c(N)sc(-c2ccc([N+](=O)[O-])cc2)c1-c1ccc(Br)cc1. The van der Waals surface area contributed by atoms with Crippen LogP contribution in [-0.2, 0) is 4.74 Å². The van der Waals surface area contributed by atoms with Crippen LogP contribution >= 0.6 is 27.3 Å². The van der Waals surface area contributed by atoms with E-state index in [1.165, 1.54) is 23.5 Å². The third kappa shape index (κ3) is 3.86. The zero-order valence-electron chi connectivity index (χ0n) is 14.3. The number of anilines is 1. The van der Waals surface area contributed by atoms with Gasteiger partial charge >= 0.3 is 5.97 Å². The lowest BCUT2D eigenvalue weighted by Gasteiger charge is -2.09. The number of nitro groups is 1. The van der Waals surface area contributed by atoms with E-state index in [-0.39, 0.29) is 12.3 Å². The van der Waals surface area contributed by atoms with Gasteiger partial charge in [-0.2, -0.15) is 0 Å². The van der Waals surface area contributed by atoms with Gasteiger partial charge in [0.15, 0.2) is 0 Å². The van der Waals surface area contributed by atoms with Gasteiger partial charge in [0.25, 0.3) is 5.69 Å². The minimum Gasteiger partial charge on any atom is -0.462 e. The van der Waals surface area contributed by atoms with Crippen molar-refractivity contribution in [2.75, 3.05) is 12.3 Å². The topological polar surface area (TPSA) is 95.5 Å². The highest BCUT2D eigenvalue weighted by molar-refractivity contribution is 9.10. The fourth-order valence-electron chi connectivity index (χ4n) is 2.68. The van der Waals surface area contributed by atoms with Crippen LogP contribution in [0.4, 0.5) is 10.7 Å². The highest BCUT2D eigenvalue weighted by Crippen LogP contribution is 2.45. The van der Waals surface area contributed by atoms with Gasteiger partial charge in [-0.1, -0.05) is 28.1 Å². The lowest BCUT2D eigenvalue weighted by Crippen LogP contribution is -2.07. The summed E-state index contributed by atoms with van der Waals surface area (Å²) in [7, 11) is 0. The Bertz CT molecular complexity index is 998. The standard InChI is InChI=1S/C19H15BrN2O4S/c1-2-26-19(23)16-15(11-3-7-13(20)8-4-11)17(27-18(16)21)12-5-9-14(10-6-12)22(24)25/h3-10H,2,21H2,1H3. The van der Waals surface area contributed by atoms with E-state index < -0.39 is 10.9 Å². The van der Waals surface area contributed by atoms with E-state index >= 15 is 0 Å². The quantitative estimate of drug-likeness (QED) is 0.316. The maximum Gasteiger partial charge on any atom is 0.341 e. The molecule has 0 unspecified atom stereocenters. The fourth-order valence-corrected chi connectivity index (χ4v) is 4.03. The van der Waals surface area contributed by atoms with E-state index in [0.717, 1.165) is 20.5 Å². The highest BCUT2D eigenvalue weighted by Gasteiger charge is 2.25. The van der Waals surface area contributed by atoms with Gasteiger partial charge in [0, 0.05) is 27.0 Å². The number of hydrogen-bond acceptors (Lipinski definition) is 6. The Kier molecular flexibility index (Phi) is 5.57. The van der Waals surface area contributed by atoms with Crippen LogP contribution in [0.1, 0.15) is 17.3 Å². The molecule has 1 aromatic heterocycles. The summed E-state index contributed by atoms with van der Waals surface area (Å²) in [4.78, 5) is 23.7. The van der Waals surface area contributed by atoms with Crippen molar-refractivity contribution in [2.45, 2.75) is 6.92 Å². The van der Waals surface area contributed by atoms with Gasteiger partial charge in [-0.3, -0.25) is 10.1 Å². The summed E-state index contributed by atoms with van der Waals surface area (Å²) in [6.45, 7) is 1.97. The van der Waals surface area contributed by atoms with Crippen LogP contribution in [0.5, 0.6) is 0 Å². The number of ether oxygens (including phenoxy) is 1. The summed E-state index contributed by atoms with van der Waals surface area (Å²) in [5.74, 6) is -0.489. The summed E-state index contributed by atoms with van der Waals surface area (Å²) in [6, 6.07) is 13.7. The molecule has 2 aromatic carbocycles. The molecule has 0 amide bonds. The van der Waals surface area contributed by atoms with Crippen molar-refractivity contribution in [3.05, 3.63) is 68.7 Å². The van der Waals surface area contributed by atoms with Crippen LogP contribution in [0.15, 0.2) is 53.0 Å². The van der Waals surface area contributed by atoms with Crippen LogP contribution in [0.25, 0.3) is 21.6 Å². The number of nitro benzene ring substituents is 1. The average Bonchev–Trinajstić information content (AvgIpc) is 3.00. The smallest absolute Gasteiger partial charge is 0.341 e. The van der Waals surface area contributed by atoms with Crippen LogP contribution in [0.2, 0.25) is 0 Å². The number of nitrogen functional groups attached to an aromatic ring is 1. The van der Waals surface area contributed by atoms with Gasteiger partial charge in [0.1, 0.15) is 10.6 Å². The summed E-state index contributed by atoms with van der Waals surface area (Å²) in [5.41, 5.74) is 8.69. The number of benzene rings is 2. The van der Waals surface area contributed by atoms with Gasteiger partial charge in [-0.05, 0) is 42.3 Å². The number of nitrogens with two attached hydrogens (primary N) is 1. The van der Waals surface area contributed by atoms with E-state index in [2.05, 4.69) is 15.9 Å². The predicted octanol–water partition coefficient (Wildman–Crippen LogP) is 5.51. The molecule has 0 saturated heterocycles. The number of rotatable bonds is 5. The third-order valence-electron chi connectivity index (χ3n) is 3.89. The Hall–Kier alpha value is -2.71. The van der Waals surface area contributed by atoms with Crippen LogP contribution in [0.3, 0.4) is 0 Å². The highest BCUT2D eigenvalue weighted by atomic mass is 79.9. The Balaban J connectivity index is 2.21. The number of esters is 1. The van der Waals surface area contributed by atoms with Crippen LogP contribution in [-0.4, -0.2) is 17.5 Å². The molecule has 0 aliphatic rings. The van der Waals surface area contributed by atoms with E-state index in [9.17, 15) is 14.9 Å². The van der Waals surface area contributed by atoms with Crippen LogP contribution in [0, 0.1) is 10.1 Å². The molecule has 0 aliphatic carbocycles. The Morgan fingerprint density at radius 3 is 2.30 bits per heavy atom. The molecule has 1 heterocycles. The maximum atomic E-state index is 12.5. The molecule has 2 N–H and O–H groups in total. The lowest BCUT2D eigenvalue weighted by molar-refractivity contribution is -0.384. The first-order valence-electron chi connectivity index (χ1n) is 8.02. The first-order chi connectivity index (χ1) is 12.9. The zero-order valence-corrected chi connectivity index (χ0v) is 16.7. The molecule has 0 atom stereocenters. The monoisotopic (exact) mass is 446 g/mol. The van der Waals surface area contributed by atoms with E-state index in [1.54, 1.807) is 19.1 Å². The number of non-ortho nitro benzene ring substituents is 1. The van der Waals surface area contributed by atoms with Gasteiger partial charge in [0.05, 0.1) is 11.5 Å². The predicted molar refractivity (Wildman–Crippen MR) is 110 cm³/mol. The maximum absolute atomic E-state index is 12.5. The van der Waals surface area contributed by atoms with Crippen molar-refractivity contribution in [3.63, 3.8) is 0 Å². The summed E-state index contributed by atoms with van der Waals surface area (Å²) in [6.07, 6.45) is 0. The Morgan fingerprint density at radius 1 is 1.15 bits per heavy atom. The summed E-state index contributed by atoms with van der Waals surface area (Å²) >= 11 is 4.66. The van der Waals surface area contributed by atoms with Crippen molar-refractivity contribution in [3.8, 4) is 21.6 Å². The molecule has 0 bridgehead atoms. The second kappa shape index (κ2) is 7.89. The van der Waals surface area contributed by atoms with Crippen molar-refractivity contribution in [2.24, 2.45) is 0 Å². The molecular weight excluding hydrogens is 432 g/mol. The first-order valence-corrected chi connectivity index (χ1v) is 9.63. The number of hydrogen-bond donors (Lipinski definition) is 1.